The number of ether oxygens (including phenoxy) is 2. The van der Waals surface area contributed by atoms with Crippen molar-refractivity contribution in [2.24, 2.45) is 5.10 Å². The van der Waals surface area contributed by atoms with Crippen LogP contribution in [0.15, 0.2) is 76.7 Å². The largest absolute Gasteiger partial charge is 0.493 e. The third-order valence-corrected chi connectivity index (χ3v) is 5.74. The summed E-state index contributed by atoms with van der Waals surface area (Å²) in [4.78, 5) is 12.3. The Hall–Kier alpha value is -3.56. The van der Waals surface area contributed by atoms with Crippen LogP contribution in [0.2, 0.25) is 5.02 Å². The predicted octanol–water partition coefficient (Wildman–Crippen LogP) is 3.89. The van der Waals surface area contributed by atoms with Crippen molar-refractivity contribution < 1.29 is 26.9 Å². The van der Waals surface area contributed by atoms with Gasteiger partial charge in [-0.1, -0.05) is 23.7 Å². The number of amides is 1. The molecule has 0 saturated carbocycles. The number of hydrogen-bond acceptors (Lipinski definition) is 7. The van der Waals surface area contributed by atoms with Crippen molar-refractivity contribution in [3.63, 3.8) is 0 Å². The fraction of sp³-hybridized carbons (Fsp3) is 0.0909. The topological polar surface area (TPSA) is 103 Å². The van der Waals surface area contributed by atoms with Crippen molar-refractivity contribution in [3.05, 3.63) is 82.9 Å². The van der Waals surface area contributed by atoms with Gasteiger partial charge in [-0.2, -0.15) is 13.5 Å². The van der Waals surface area contributed by atoms with Crippen LogP contribution >= 0.6 is 11.6 Å². The Bertz CT molecular complexity index is 1240. The summed E-state index contributed by atoms with van der Waals surface area (Å²) in [5.74, 6) is 0.441. The predicted molar refractivity (Wildman–Crippen MR) is 120 cm³/mol. The number of nitrogens with zero attached hydrogens (tertiary/aromatic N) is 1. The zero-order chi connectivity index (χ0) is 23.1. The summed E-state index contributed by atoms with van der Waals surface area (Å²) >= 11 is 5.81. The molecular formula is C22H19ClN2O6S. The van der Waals surface area contributed by atoms with Gasteiger partial charge in [0.25, 0.3) is 5.91 Å². The minimum atomic E-state index is -4.08. The highest BCUT2D eigenvalue weighted by Gasteiger charge is 2.18. The average Bonchev–Trinajstić information content (AvgIpc) is 2.79. The first-order valence-electron chi connectivity index (χ1n) is 9.18. The van der Waals surface area contributed by atoms with Crippen LogP contribution in [0.3, 0.4) is 0 Å². The van der Waals surface area contributed by atoms with E-state index in [0.29, 0.717) is 27.6 Å². The number of halogens is 1. The third kappa shape index (κ3) is 5.57. The van der Waals surface area contributed by atoms with Crippen molar-refractivity contribution >= 4 is 33.8 Å². The highest BCUT2D eigenvalue weighted by atomic mass is 35.5. The van der Waals surface area contributed by atoms with Gasteiger partial charge in [0.05, 0.1) is 20.4 Å². The van der Waals surface area contributed by atoms with E-state index in [1.54, 1.807) is 30.3 Å². The van der Waals surface area contributed by atoms with E-state index in [9.17, 15) is 13.2 Å². The highest BCUT2D eigenvalue weighted by Crippen LogP contribution is 2.27. The lowest BCUT2D eigenvalue weighted by Crippen LogP contribution is -2.18. The van der Waals surface area contributed by atoms with Crippen LogP contribution in [0.25, 0.3) is 0 Å². The first-order valence-corrected chi connectivity index (χ1v) is 11.0. The monoisotopic (exact) mass is 474 g/mol. The lowest BCUT2D eigenvalue weighted by Gasteiger charge is -2.10. The molecule has 3 rings (SSSR count). The van der Waals surface area contributed by atoms with E-state index in [0.717, 1.165) is 0 Å². The maximum Gasteiger partial charge on any atom is 0.339 e. The van der Waals surface area contributed by atoms with E-state index < -0.39 is 16.0 Å². The maximum absolute atomic E-state index is 12.5. The molecule has 0 unspecified atom stereocenters. The molecule has 0 aromatic heterocycles. The average molecular weight is 475 g/mol. The Labute approximate surface area is 190 Å². The molecule has 0 aliphatic heterocycles. The molecule has 0 saturated heterocycles. The molecule has 166 valence electrons. The summed E-state index contributed by atoms with van der Waals surface area (Å²) in [5.41, 5.74) is 3.02. The smallest absolute Gasteiger partial charge is 0.339 e. The fourth-order valence-corrected chi connectivity index (χ4v) is 3.71. The minimum Gasteiger partial charge on any atom is -0.493 e. The molecular weight excluding hydrogens is 456 g/mol. The third-order valence-electron chi connectivity index (χ3n) is 4.24. The molecule has 0 fully saturated rings. The van der Waals surface area contributed by atoms with E-state index >= 15 is 0 Å². The molecule has 10 heteroatoms. The number of rotatable bonds is 8. The number of hydrazone groups is 1. The summed E-state index contributed by atoms with van der Waals surface area (Å²) in [6, 6.07) is 16.6. The molecule has 0 heterocycles. The summed E-state index contributed by atoms with van der Waals surface area (Å²) in [7, 11) is -1.13. The van der Waals surface area contributed by atoms with Crippen LogP contribution in [-0.4, -0.2) is 34.8 Å². The van der Waals surface area contributed by atoms with Gasteiger partial charge < -0.3 is 13.7 Å². The fourth-order valence-electron chi connectivity index (χ4n) is 2.63. The van der Waals surface area contributed by atoms with Gasteiger partial charge >= 0.3 is 10.1 Å². The molecule has 1 N–H and O–H groups in total. The molecule has 32 heavy (non-hydrogen) atoms. The van der Waals surface area contributed by atoms with E-state index in [-0.39, 0.29) is 10.6 Å². The normalized spacial score (nSPS) is 11.2. The second-order valence-corrected chi connectivity index (χ2v) is 8.28. The van der Waals surface area contributed by atoms with Crippen LogP contribution < -0.4 is 19.1 Å². The van der Waals surface area contributed by atoms with E-state index in [2.05, 4.69) is 10.5 Å². The van der Waals surface area contributed by atoms with Crippen LogP contribution in [0.5, 0.6) is 17.2 Å². The Morgan fingerprint density at radius 2 is 1.62 bits per heavy atom. The van der Waals surface area contributed by atoms with Crippen LogP contribution in [0.4, 0.5) is 0 Å². The van der Waals surface area contributed by atoms with Crippen molar-refractivity contribution in [3.8, 4) is 17.2 Å². The second kappa shape index (κ2) is 10.2. The molecule has 0 spiro atoms. The number of nitrogens with one attached hydrogen (secondary N) is 1. The van der Waals surface area contributed by atoms with Gasteiger partial charge in [-0.15, -0.1) is 0 Å². The number of methoxy groups -OCH3 is 2. The van der Waals surface area contributed by atoms with E-state index in [1.165, 1.54) is 56.8 Å². The highest BCUT2D eigenvalue weighted by molar-refractivity contribution is 7.87. The summed E-state index contributed by atoms with van der Waals surface area (Å²) < 4.78 is 40.7. The first kappa shape index (κ1) is 23.1. The first-order chi connectivity index (χ1) is 15.3. The number of carbonyl (C=O) groups excluding carboxylic acids is 1. The van der Waals surface area contributed by atoms with Gasteiger partial charge in [0, 0.05) is 16.1 Å². The quantitative estimate of drug-likeness (QED) is 0.302. The van der Waals surface area contributed by atoms with Gasteiger partial charge in [0.15, 0.2) is 17.2 Å². The Morgan fingerprint density at radius 1 is 0.938 bits per heavy atom. The standard InChI is InChI=1S/C22H19ClN2O6S/c1-29-20-12-7-15(13-21(20)30-2)22(26)25-24-14-16-5-3-4-6-19(16)31-32(27,28)18-10-8-17(23)9-11-18/h3-14H,1-2H3,(H,25,26)/b24-14+. The zero-order valence-corrected chi connectivity index (χ0v) is 18.7. The minimum absolute atomic E-state index is 0.0459. The summed E-state index contributed by atoms with van der Waals surface area (Å²) in [6.45, 7) is 0. The van der Waals surface area contributed by atoms with Crippen LogP contribution in [0.1, 0.15) is 15.9 Å². The number of benzene rings is 3. The molecule has 0 atom stereocenters. The molecule has 0 bridgehead atoms. The molecule has 0 radical (unpaired) electrons. The zero-order valence-electron chi connectivity index (χ0n) is 17.1. The second-order valence-electron chi connectivity index (χ2n) is 6.30. The van der Waals surface area contributed by atoms with E-state index in [4.69, 9.17) is 25.3 Å². The van der Waals surface area contributed by atoms with Gasteiger partial charge in [-0.05, 0) is 54.6 Å². The molecule has 3 aromatic rings. The maximum atomic E-state index is 12.5. The number of carbonyl (C=O) groups is 1. The molecule has 3 aromatic carbocycles. The van der Waals surface area contributed by atoms with E-state index in [1.807, 2.05) is 0 Å². The van der Waals surface area contributed by atoms with Crippen molar-refractivity contribution in [2.75, 3.05) is 14.2 Å². The Kier molecular flexibility index (Phi) is 7.34. The van der Waals surface area contributed by atoms with Gasteiger partial charge in [-0.25, -0.2) is 5.43 Å². The summed E-state index contributed by atoms with van der Waals surface area (Å²) in [5, 5.41) is 4.31. The Balaban J connectivity index is 1.75. The van der Waals surface area contributed by atoms with Gasteiger partial charge in [0.2, 0.25) is 0 Å². The SMILES string of the molecule is COc1ccc(C(=O)N/N=C/c2ccccc2OS(=O)(=O)c2ccc(Cl)cc2)cc1OC. The number of para-hydroxylation sites is 1. The molecule has 0 aliphatic rings. The van der Waals surface area contributed by atoms with Crippen molar-refractivity contribution in [2.45, 2.75) is 4.90 Å². The van der Waals surface area contributed by atoms with Crippen molar-refractivity contribution in [1.29, 1.82) is 0 Å². The number of hydrogen-bond donors (Lipinski definition) is 1. The molecule has 8 nitrogen and oxygen atoms in total. The van der Waals surface area contributed by atoms with Crippen molar-refractivity contribution in [1.82, 2.24) is 5.43 Å². The molecule has 0 aliphatic carbocycles. The lowest BCUT2D eigenvalue weighted by atomic mass is 10.2. The van der Waals surface area contributed by atoms with Gasteiger partial charge in [-0.3, -0.25) is 4.79 Å². The van der Waals surface area contributed by atoms with Crippen LogP contribution in [0, 0.1) is 0 Å². The Morgan fingerprint density at radius 3 is 2.31 bits per heavy atom. The molecule has 1 amide bonds. The van der Waals surface area contributed by atoms with Gasteiger partial charge in [0.1, 0.15) is 4.90 Å². The summed E-state index contributed by atoms with van der Waals surface area (Å²) in [6.07, 6.45) is 1.28. The lowest BCUT2D eigenvalue weighted by molar-refractivity contribution is 0.0954. The van der Waals surface area contributed by atoms with Crippen LogP contribution in [-0.2, 0) is 10.1 Å².